The molecule has 3 rings (SSSR count). The molecule has 1 saturated heterocycles. The fourth-order valence-corrected chi connectivity index (χ4v) is 11.6. The van der Waals surface area contributed by atoms with E-state index in [-0.39, 0.29) is 6.42 Å². The topological polar surface area (TPSA) is 0 Å². The molecule has 2 atom stereocenters. The molecule has 20 heavy (non-hydrogen) atoms. The van der Waals surface area contributed by atoms with Crippen molar-refractivity contribution < 1.29 is 0 Å². The summed E-state index contributed by atoms with van der Waals surface area (Å²) in [5.41, 5.74) is 2.91. The molecule has 0 aromatic heterocycles. The van der Waals surface area contributed by atoms with E-state index >= 15 is 0 Å². The third-order valence-electron chi connectivity index (χ3n) is 3.77. The molecule has 3 heteroatoms. The third-order valence-corrected chi connectivity index (χ3v) is 10.7. The molecule has 1 fully saturated rings. The first kappa shape index (κ1) is 14.9. The van der Waals surface area contributed by atoms with Gasteiger partial charge in [0.05, 0.1) is 0 Å². The molecular weight excluding hydrogens is 441 g/mol. The van der Waals surface area contributed by atoms with Crippen LogP contribution in [-0.4, -0.2) is 47.0 Å². The average Bonchev–Trinajstić information content (AvgIpc) is 2.49. The van der Waals surface area contributed by atoms with Crippen molar-refractivity contribution in [3.63, 3.8) is 0 Å². The molecule has 1 aliphatic heterocycles. The maximum atomic E-state index is 3.54. The molecule has 0 N–H and O–H groups in total. The number of hydrogen-bond acceptors (Lipinski definition) is 0. The van der Waals surface area contributed by atoms with E-state index in [1.807, 2.05) is 0 Å². The Kier molecular flexibility index (Phi) is 4.48. The Labute approximate surface area is 143 Å². The summed E-state index contributed by atoms with van der Waals surface area (Å²) in [6.45, 7) is 0. The Morgan fingerprint density at radius 2 is 1.10 bits per heavy atom. The molecule has 0 amide bonds. The maximum absolute atomic E-state index is 3.54. The van der Waals surface area contributed by atoms with E-state index in [1.54, 1.807) is 0 Å². The van der Waals surface area contributed by atoms with Gasteiger partial charge in [-0.25, -0.2) is 0 Å². The number of hydrogen-bond donors (Lipinski definition) is 0. The van der Waals surface area contributed by atoms with Crippen molar-refractivity contribution >= 4 is 47.0 Å². The predicted molar refractivity (Wildman–Crippen MR) is 87.4 cm³/mol. The van der Waals surface area contributed by atoms with Crippen molar-refractivity contribution in [2.75, 3.05) is 0 Å². The van der Waals surface area contributed by atoms with Crippen molar-refractivity contribution in [1.82, 2.24) is 0 Å². The number of benzene rings is 2. The van der Waals surface area contributed by atoms with Crippen LogP contribution in [0, 0.1) is 0 Å². The van der Waals surface area contributed by atoms with Gasteiger partial charge in [-0.1, -0.05) is 0 Å². The monoisotopic (exact) mass is 460 g/mol. The van der Waals surface area contributed by atoms with Gasteiger partial charge in [-0.3, -0.25) is 0 Å². The Morgan fingerprint density at radius 3 is 1.50 bits per heavy atom. The van der Waals surface area contributed by atoms with Gasteiger partial charge in [0, 0.05) is 0 Å². The Morgan fingerprint density at radius 1 is 0.700 bits per heavy atom. The van der Waals surface area contributed by atoms with E-state index in [1.165, 1.54) is 30.4 Å². The van der Waals surface area contributed by atoms with Crippen molar-refractivity contribution in [2.24, 2.45) is 0 Å². The Balaban J connectivity index is 1.94. The first-order valence-electron chi connectivity index (χ1n) is 6.84. The molecule has 2 unspecified atom stereocenters. The van der Waals surface area contributed by atoms with E-state index in [2.05, 4.69) is 92.7 Å². The molecule has 1 heterocycles. The fourth-order valence-electron chi connectivity index (χ4n) is 2.71. The van der Waals surface area contributed by atoms with Crippen LogP contribution in [0.2, 0.25) is 0 Å². The predicted octanol–water partition coefficient (Wildman–Crippen LogP) is 2.92. The fraction of sp³-hybridized carbons (Fsp3) is 0.294. The molecule has 2 radical (unpaired) electrons. The first-order chi connectivity index (χ1) is 9.62. The zero-order valence-electron chi connectivity index (χ0n) is 11.1. The van der Waals surface area contributed by atoms with E-state index in [4.69, 9.17) is 0 Å². The summed E-state index contributed by atoms with van der Waals surface area (Å²) in [5, 5.41) is 0. The van der Waals surface area contributed by atoms with E-state index < -0.39 is 0 Å². The summed E-state index contributed by atoms with van der Waals surface area (Å²) in [6.07, 6.45) is 3.78. The van der Waals surface area contributed by atoms with Crippen molar-refractivity contribution in [2.45, 2.75) is 25.7 Å². The Bertz CT molecular complexity index is 518. The normalized spacial score (nSPS) is 30.1. The average molecular weight is 457 g/mol. The van der Waals surface area contributed by atoms with Crippen LogP contribution < -0.4 is 0 Å². The van der Waals surface area contributed by atoms with Gasteiger partial charge in [0.1, 0.15) is 0 Å². The second-order valence-electron chi connectivity index (χ2n) is 5.19. The first-order valence-corrected chi connectivity index (χ1v) is 10.3. The zero-order chi connectivity index (χ0) is 14.1. The summed E-state index contributed by atoms with van der Waals surface area (Å²) < 4.78 is 0.432. The van der Waals surface area contributed by atoms with Crippen LogP contribution in [0.5, 0.6) is 0 Å². The minimum atomic E-state index is 0.216. The summed E-state index contributed by atoms with van der Waals surface area (Å²) in [6, 6.07) is 21.9. The van der Waals surface area contributed by atoms with Gasteiger partial charge in [-0.15, -0.1) is 0 Å². The third kappa shape index (κ3) is 2.95. The quantitative estimate of drug-likeness (QED) is 0.609. The van der Waals surface area contributed by atoms with E-state index in [0.29, 0.717) is 15.0 Å². The standard InChI is InChI=1S/C17H16Se3/c18-16(14-8-3-1-4-9-14)12-7-13-17(19,20-16)15-10-5-2-6-11-15/h1-6,8-11H,7,12-13H2. The Hall–Kier alpha value is -0.00156. The van der Waals surface area contributed by atoms with Crippen LogP contribution in [0.4, 0.5) is 0 Å². The van der Waals surface area contributed by atoms with Gasteiger partial charge < -0.3 is 0 Å². The molecule has 2 aromatic rings. The van der Waals surface area contributed by atoms with Crippen LogP contribution >= 0.6 is 0 Å². The van der Waals surface area contributed by atoms with Crippen molar-refractivity contribution in [3.8, 4) is 0 Å². The molecule has 0 spiro atoms. The van der Waals surface area contributed by atoms with Crippen LogP contribution in [0.1, 0.15) is 30.4 Å². The van der Waals surface area contributed by atoms with E-state index in [0.717, 1.165) is 0 Å². The van der Waals surface area contributed by atoms with Gasteiger partial charge in [-0.2, -0.15) is 0 Å². The molecule has 0 nitrogen and oxygen atoms in total. The molecule has 102 valence electrons. The molecule has 0 saturated carbocycles. The molecule has 2 aromatic carbocycles. The van der Waals surface area contributed by atoms with Gasteiger partial charge in [-0.05, 0) is 0 Å². The number of rotatable bonds is 2. The summed E-state index contributed by atoms with van der Waals surface area (Å²) in [7, 11) is 0. The van der Waals surface area contributed by atoms with Gasteiger partial charge in [0.2, 0.25) is 0 Å². The second-order valence-corrected chi connectivity index (χ2v) is 14.1. The van der Waals surface area contributed by atoms with Crippen LogP contribution in [0.3, 0.4) is 0 Å². The molecule has 0 aliphatic carbocycles. The van der Waals surface area contributed by atoms with Gasteiger partial charge >= 0.3 is 144 Å². The summed E-state index contributed by atoms with van der Waals surface area (Å²) in [4.78, 5) is 0. The SMILES string of the molecule is [Se]C1(c2ccccc2)CCCC([Se])(c2ccccc2)[Se]1. The minimum absolute atomic E-state index is 0.216. The summed E-state index contributed by atoms with van der Waals surface area (Å²) in [5.74, 6) is 0. The van der Waals surface area contributed by atoms with E-state index in [9.17, 15) is 0 Å². The summed E-state index contributed by atoms with van der Waals surface area (Å²) >= 11 is 7.54. The van der Waals surface area contributed by atoms with Gasteiger partial charge in [0.25, 0.3) is 0 Å². The van der Waals surface area contributed by atoms with Gasteiger partial charge in [0.15, 0.2) is 0 Å². The molecule has 0 bridgehead atoms. The van der Waals surface area contributed by atoms with Crippen molar-refractivity contribution in [1.29, 1.82) is 0 Å². The van der Waals surface area contributed by atoms with Crippen LogP contribution in [0.15, 0.2) is 60.7 Å². The van der Waals surface area contributed by atoms with Crippen LogP contribution in [0.25, 0.3) is 0 Å². The zero-order valence-corrected chi connectivity index (χ0v) is 16.3. The van der Waals surface area contributed by atoms with Crippen LogP contribution in [-0.2, 0) is 6.42 Å². The molecular formula is C17H16Se3. The second kappa shape index (κ2) is 6.01. The molecule has 1 aliphatic rings. The van der Waals surface area contributed by atoms with Crippen molar-refractivity contribution in [3.05, 3.63) is 71.8 Å².